The Bertz CT molecular complexity index is 417. The van der Waals surface area contributed by atoms with Crippen molar-refractivity contribution >= 4 is 11.6 Å². The molecule has 1 aliphatic rings. The fourth-order valence-corrected chi connectivity index (χ4v) is 1.92. The zero-order valence-corrected chi connectivity index (χ0v) is 9.18. The minimum atomic E-state index is 0.00213. The number of aliphatic hydroxyl groups is 1. The molecule has 1 aliphatic heterocycles. The highest BCUT2D eigenvalue weighted by atomic mass is 16.3. The Balaban J connectivity index is 2.24. The van der Waals surface area contributed by atoms with E-state index in [2.05, 4.69) is 0 Å². The van der Waals surface area contributed by atoms with E-state index in [1.54, 1.807) is 24.0 Å². The molecule has 0 aromatic heterocycles. The standard InChI is InChI=1S/C12H15NO3/c1-8-2-3-10(5-11(8)15)13-6-9(7-14)4-12(13)16/h2-3,5,9,14-15H,4,6-7H2,1H3. The first-order chi connectivity index (χ1) is 7.61. The second-order valence-electron chi connectivity index (χ2n) is 4.23. The van der Waals surface area contributed by atoms with Crippen LogP contribution >= 0.6 is 0 Å². The van der Waals surface area contributed by atoms with Gasteiger partial charge in [-0.2, -0.15) is 0 Å². The van der Waals surface area contributed by atoms with Crippen molar-refractivity contribution in [2.75, 3.05) is 18.1 Å². The van der Waals surface area contributed by atoms with E-state index >= 15 is 0 Å². The molecule has 0 spiro atoms. The molecule has 1 atom stereocenters. The van der Waals surface area contributed by atoms with E-state index in [4.69, 9.17) is 5.11 Å². The molecule has 1 saturated heterocycles. The Morgan fingerprint density at radius 2 is 2.25 bits per heavy atom. The van der Waals surface area contributed by atoms with Gasteiger partial charge in [0, 0.05) is 37.2 Å². The van der Waals surface area contributed by atoms with Gasteiger partial charge in [-0.3, -0.25) is 4.79 Å². The number of benzene rings is 1. The zero-order valence-electron chi connectivity index (χ0n) is 9.18. The van der Waals surface area contributed by atoms with Crippen LogP contribution in [0.5, 0.6) is 5.75 Å². The van der Waals surface area contributed by atoms with Crippen molar-refractivity contribution in [3.63, 3.8) is 0 Å². The van der Waals surface area contributed by atoms with E-state index in [1.165, 1.54) is 0 Å². The minimum Gasteiger partial charge on any atom is -0.508 e. The molecule has 16 heavy (non-hydrogen) atoms. The van der Waals surface area contributed by atoms with E-state index in [0.29, 0.717) is 18.7 Å². The molecule has 4 nitrogen and oxygen atoms in total. The number of aryl methyl sites for hydroxylation is 1. The lowest BCUT2D eigenvalue weighted by Gasteiger charge is -2.17. The lowest BCUT2D eigenvalue weighted by Crippen LogP contribution is -2.24. The van der Waals surface area contributed by atoms with Crippen molar-refractivity contribution in [3.8, 4) is 5.75 Å². The maximum atomic E-state index is 11.7. The van der Waals surface area contributed by atoms with Crippen LogP contribution in [0.25, 0.3) is 0 Å². The molecular weight excluding hydrogens is 206 g/mol. The van der Waals surface area contributed by atoms with Gasteiger partial charge >= 0.3 is 0 Å². The van der Waals surface area contributed by atoms with Crippen molar-refractivity contribution < 1.29 is 15.0 Å². The van der Waals surface area contributed by atoms with Crippen molar-refractivity contribution in [1.82, 2.24) is 0 Å². The summed E-state index contributed by atoms with van der Waals surface area (Å²) < 4.78 is 0. The van der Waals surface area contributed by atoms with E-state index < -0.39 is 0 Å². The molecule has 0 aliphatic carbocycles. The number of anilines is 1. The average Bonchev–Trinajstić information content (AvgIpc) is 2.64. The topological polar surface area (TPSA) is 60.8 Å². The lowest BCUT2D eigenvalue weighted by molar-refractivity contribution is -0.117. The first-order valence-corrected chi connectivity index (χ1v) is 5.32. The van der Waals surface area contributed by atoms with Crippen LogP contribution in [0.15, 0.2) is 18.2 Å². The summed E-state index contributed by atoms with van der Waals surface area (Å²) in [5, 5.41) is 18.6. The van der Waals surface area contributed by atoms with Crippen LogP contribution in [0.2, 0.25) is 0 Å². The van der Waals surface area contributed by atoms with E-state index in [0.717, 1.165) is 5.56 Å². The van der Waals surface area contributed by atoms with Gasteiger partial charge in [0.25, 0.3) is 0 Å². The van der Waals surface area contributed by atoms with Crippen molar-refractivity contribution in [2.24, 2.45) is 5.92 Å². The quantitative estimate of drug-likeness (QED) is 0.784. The van der Waals surface area contributed by atoms with E-state index in [9.17, 15) is 9.90 Å². The SMILES string of the molecule is Cc1ccc(N2CC(CO)CC2=O)cc1O. The molecule has 0 radical (unpaired) electrons. The maximum Gasteiger partial charge on any atom is 0.227 e. The fourth-order valence-electron chi connectivity index (χ4n) is 1.92. The number of nitrogens with zero attached hydrogens (tertiary/aromatic N) is 1. The van der Waals surface area contributed by atoms with Crippen LogP contribution in [0, 0.1) is 12.8 Å². The first-order valence-electron chi connectivity index (χ1n) is 5.32. The minimum absolute atomic E-state index is 0.00213. The molecule has 1 unspecified atom stereocenters. The summed E-state index contributed by atoms with van der Waals surface area (Å²) in [6.45, 7) is 2.36. The number of aliphatic hydroxyl groups excluding tert-OH is 1. The number of carbonyl (C=O) groups excluding carboxylic acids is 1. The van der Waals surface area contributed by atoms with Crippen molar-refractivity contribution in [1.29, 1.82) is 0 Å². The highest BCUT2D eigenvalue weighted by Crippen LogP contribution is 2.28. The Morgan fingerprint density at radius 1 is 1.50 bits per heavy atom. The van der Waals surface area contributed by atoms with E-state index in [-0.39, 0.29) is 24.2 Å². The van der Waals surface area contributed by atoms with Crippen molar-refractivity contribution in [3.05, 3.63) is 23.8 Å². The number of hydrogen-bond acceptors (Lipinski definition) is 3. The lowest BCUT2D eigenvalue weighted by atomic mass is 10.1. The highest BCUT2D eigenvalue weighted by molar-refractivity contribution is 5.95. The number of aromatic hydroxyl groups is 1. The third kappa shape index (κ3) is 1.88. The molecular formula is C12H15NO3. The summed E-state index contributed by atoms with van der Waals surface area (Å²) in [7, 11) is 0. The predicted molar refractivity (Wildman–Crippen MR) is 60.4 cm³/mol. The summed E-state index contributed by atoms with van der Waals surface area (Å²) >= 11 is 0. The van der Waals surface area contributed by atoms with Gasteiger partial charge in [0.05, 0.1) is 0 Å². The molecule has 86 valence electrons. The second kappa shape index (κ2) is 4.14. The predicted octanol–water partition coefficient (Wildman–Crippen LogP) is 1.05. The summed E-state index contributed by atoms with van der Waals surface area (Å²) in [5.41, 5.74) is 1.48. The third-order valence-electron chi connectivity index (χ3n) is 2.97. The Hall–Kier alpha value is -1.55. The average molecular weight is 221 g/mol. The van der Waals surface area contributed by atoms with Gasteiger partial charge in [-0.05, 0) is 18.6 Å². The van der Waals surface area contributed by atoms with E-state index in [1.807, 2.05) is 6.07 Å². The maximum absolute atomic E-state index is 11.7. The second-order valence-corrected chi connectivity index (χ2v) is 4.23. The summed E-state index contributed by atoms with van der Waals surface area (Å²) in [6, 6.07) is 5.18. The number of hydrogen-bond donors (Lipinski definition) is 2. The number of rotatable bonds is 2. The normalized spacial score (nSPS) is 20.5. The molecule has 1 fully saturated rings. The molecule has 2 rings (SSSR count). The van der Waals surface area contributed by atoms with Gasteiger partial charge in [-0.15, -0.1) is 0 Å². The largest absolute Gasteiger partial charge is 0.508 e. The van der Waals surface area contributed by atoms with Gasteiger partial charge in [-0.1, -0.05) is 6.07 Å². The molecule has 1 aromatic rings. The molecule has 4 heteroatoms. The Kier molecular flexibility index (Phi) is 2.83. The molecule has 0 bridgehead atoms. The molecule has 0 saturated carbocycles. The number of phenolic OH excluding ortho intramolecular Hbond substituents is 1. The zero-order chi connectivity index (χ0) is 11.7. The van der Waals surface area contributed by atoms with Gasteiger partial charge in [-0.25, -0.2) is 0 Å². The monoisotopic (exact) mass is 221 g/mol. The van der Waals surface area contributed by atoms with Crippen LogP contribution in [0.4, 0.5) is 5.69 Å². The van der Waals surface area contributed by atoms with Crippen LogP contribution in [0.3, 0.4) is 0 Å². The Labute approximate surface area is 94.1 Å². The molecule has 1 amide bonds. The summed E-state index contributed by atoms with van der Waals surface area (Å²) in [4.78, 5) is 13.3. The highest BCUT2D eigenvalue weighted by Gasteiger charge is 2.30. The third-order valence-corrected chi connectivity index (χ3v) is 2.97. The molecule has 2 N–H and O–H groups in total. The van der Waals surface area contributed by atoms with Gasteiger partial charge < -0.3 is 15.1 Å². The number of amides is 1. The van der Waals surface area contributed by atoms with Crippen LogP contribution in [-0.2, 0) is 4.79 Å². The smallest absolute Gasteiger partial charge is 0.227 e. The fraction of sp³-hybridized carbons (Fsp3) is 0.417. The first kappa shape index (κ1) is 11.0. The van der Waals surface area contributed by atoms with Gasteiger partial charge in [0.2, 0.25) is 5.91 Å². The summed E-state index contributed by atoms with van der Waals surface area (Å²) in [5.74, 6) is 0.205. The van der Waals surface area contributed by atoms with Gasteiger partial charge in [0.1, 0.15) is 5.75 Å². The van der Waals surface area contributed by atoms with Crippen molar-refractivity contribution in [2.45, 2.75) is 13.3 Å². The van der Waals surface area contributed by atoms with Crippen LogP contribution in [0.1, 0.15) is 12.0 Å². The molecule has 1 heterocycles. The van der Waals surface area contributed by atoms with Crippen LogP contribution < -0.4 is 4.90 Å². The Morgan fingerprint density at radius 3 is 2.81 bits per heavy atom. The van der Waals surface area contributed by atoms with Crippen LogP contribution in [-0.4, -0.2) is 29.3 Å². The number of carbonyl (C=O) groups is 1. The van der Waals surface area contributed by atoms with Gasteiger partial charge in [0.15, 0.2) is 0 Å². The summed E-state index contributed by atoms with van der Waals surface area (Å²) in [6.07, 6.45) is 0.380. The number of phenols is 1. The molecule has 1 aromatic carbocycles.